The highest BCUT2D eigenvalue weighted by molar-refractivity contribution is 7.26. The molecule has 0 fully saturated rings. The lowest BCUT2D eigenvalue weighted by Gasteiger charge is -2.12. The molecule has 12 rings (SSSR count). The Morgan fingerprint density at radius 3 is 1.31 bits per heavy atom. The van der Waals surface area contributed by atoms with E-state index in [1.165, 1.54) is 53.4 Å². The lowest BCUT2D eigenvalue weighted by Crippen LogP contribution is -1.96. The molecule has 0 amide bonds. The molecule has 0 bridgehead atoms. The van der Waals surface area contributed by atoms with Gasteiger partial charge in [-0.3, -0.25) is 0 Å². The van der Waals surface area contributed by atoms with Crippen LogP contribution in [0.5, 0.6) is 0 Å². The molecule has 0 atom stereocenters. The number of hydrogen-bond donors (Lipinski definition) is 0. The summed E-state index contributed by atoms with van der Waals surface area (Å²) in [5, 5.41) is 3.71. The molecule has 3 heterocycles. The first kappa shape index (κ1) is 38.4. The number of aromatic nitrogens is 3. The summed E-state index contributed by atoms with van der Waals surface area (Å²) >= 11 is 1.82. The van der Waals surface area contributed by atoms with Crippen molar-refractivity contribution >= 4 is 42.4 Å². The van der Waals surface area contributed by atoms with E-state index in [2.05, 4.69) is 224 Å². The Hall–Kier alpha value is -8.31. The van der Waals surface area contributed by atoms with E-state index < -0.39 is 0 Å². The zero-order valence-corrected chi connectivity index (χ0v) is 36.1. The number of hydrogen-bond acceptors (Lipinski definition) is 4. The van der Waals surface area contributed by atoms with E-state index in [9.17, 15) is 0 Å². The van der Waals surface area contributed by atoms with Crippen molar-refractivity contribution in [2.45, 2.75) is 0 Å². The van der Waals surface area contributed by atoms with Crippen LogP contribution in [-0.4, -0.2) is 15.0 Å². The van der Waals surface area contributed by atoms with Crippen molar-refractivity contribution in [3.8, 4) is 89.7 Å². The number of benzene rings is 9. The van der Waals surface area contributed by atoms with Crippen LogP contribution in [-0.2, 0) is 0 Å². The summed E-state index contributed by atoms with van der Waals surface area (Å²) < 4.78 is 2.47. The molecule has 3 aromatic heterocycles. The van der Waals surface area contributed by atoms with Crippen LogP contribution >= 0.6 is 11.3 Å². The van der Waals surface area contributed by atoms with Gasteiger partial charge >= 0.3 is 0 Å². The first-order valence-corrected chi connectivity index (χ1v) is 22.7. The molecule has 4 heteroatoms. The fraction of sp³-hybridized carbons (Fsp3) is 0. The Kier molecular flexibility index (Phi) is 9.70. The van der Waals surface area contributed by atoms with E-state index in [1.54, 1.807) is 0 Å². The van der Waals surface area contributed by atoms with E-state index in [0.717, 1.165) is 61.5 Å². The van der Waals surface area contributed by atoms with Crippen molar-refractivity contribution in [3.05, 3.63) is 237 Å². The van der Waals surface area contributed by atoms with Gasteiger partial charge in [-0.15, -0.1) is 11.3 Å². The van der Waals surface area contributed by atoms with Crippen LogP contribution in [0.15, 0.2) is 237 Å². The predicted octanol–water partition coefficient (Wildman–Crippen LogP) is 16.7. The maximum atomic E-state index is 5.44. The third-order valence-corrected chi connectivity index (χ3v) is 13.5. The molecule has 65 heavy (non-hydrogen) atoms. The van der Waals surface area contributed by atoms with Gasteiger partial charge in [0, 0.05) is 43.1 Å². The van der Waals surface area contributed by atoms with Crippen LogP contribution in [0.2, 0.25) is 0 Å². The number of thiophene rings is 1. The molecule has 0 aliphatic heterocycles. The smallest absolute Gasteiger partial charge is 0.160 e. The number of nitrogens with zero attached hydrogens (tertiary/aromatic N) is 3. The average molecular weight is 846 g/mol. The van der Waals surface area contributed by atoms with Gasteiger partial charge in [-0.2, -0.15) is 0 Å². The second-order valence-corrected chi connectivity index (χ2v) is 17.4. The second kappa shape index (κ2) is 16.4. The van der Waals surface area contributed by atoms with Gasteiger partial charge < -0.3 is 0 Å². The zero-order valence-electron chi connectivity index (χ0n) is 35.3. The number of fused-ring (bicyclic) bond motifs is 5. The summed E-state index contributed by atoms with van der Waals surface area (Å²) in [4.78, 5) is 15.8. The highest BCUT2D eigenvalue weighted by atomic mass is 32.1. The molecule has 0 N–H and O–H groups in total. The van der Waals surface area contributed by atoms with Gasteiger partial charge in [0.2, 0.25) is 0 Å². The lowest BCUT2D eigenvalue weighted by atomic mass is 9.97. The SMILES string of the molecule is c1ccc(-c2ccc(-c3cc(-c4ccc(-c5ccccc5)cc4)nc(-c4ccc(-c5cccc(-c6nc7cc(-c8ccccc8)ccc7c7c6sc6ccccc67)c5)cc4)n3)cc2)cc1. The van der Waals surface area contributed by atoms with Crippen LogP contribution in [0.3, 0.4) is 0 Å². The molecule has 304 valence electrons. The van der Waals surface area contributed by atoms with Crippen LogP contribution in [0.1, 0.15) is 0 Å². The molecule has 0 saturated carbocycles. The minimum absolute atomic E-state index is 0.680. The Morgan fingerprint density at radius 1 is 0.277 bits per heavy atom. The third-order valence-electron chi connectivity index (χ3n) is 12.3. The van der Waals surface area contributed by atoms with Gasteiger partial charge in [0.15, 0.2) is 5.82 Å². The van der Waals surface area contributed by atoms with Crippen molar-refractivity contribution < 1.29 is 0 Å². The maximum absolute atomic E-state index is 5.44. The number of pyridine rings is 1. The second-order valence-electron chi connectivity index (χ2n) is 16.4. The minimum Gasteiger partial charge on any atom is -0.246 e. The van der Waals surface area contributed by atoms with E-state index >= 15 is 0 Å². The Morgan fingerprint density at radius 2 is 0.708 bits per heavy atom. The highest BCUT2D eigenvalue weighted by Crippen LogP contribution is 2.44. The van der Waals surface area contributed by atoms with Gasteiger partial charge in [-0.25, -0.2) is 15.0 Å². The van der Waals surface area contributed by atoms with Crippen molar-refractivity contribution in [1.29, 1.82) is 0 Å². The van der Waals surface area contributed by atoms with Gasteiger partial charge in [0.25, 0.3) is 0 Å². The average Bonchev–Trinajstić information content (AvgIpc) is 3.79. The molecule has 0 radical (unpaired) electrons. The van der Waals surface area contributed by atoms with Crippen molar-refractivity contribution in [3.63, 3.8) is 0 Å². The van der Waals surface area contributed by atoms with Gasteiger partial charge in [0.1, 0.15) is 0 Å². The topological polar surface area (TPSA) is 38.7 Å². The van der Waals surface area contributed by atoms with Crippen LogP contribution < -0.4 is 0 Å². The first-order valence-electron chi connectivity index (χ1n) is 21.9. The molecule has 12 aromatic rings. The van der Waals surface area contributed by atoms with Crippen LogP contribution in [0.25, 0.3) is 121 Å². The summed E-state index contributed by atoms with van der Waals surface area (Å²) in [6.07, 6.45) is 0. The van der Waals surface area contributed by atoms with Gasteiger partial charge in [-0.1, -0.05) is 212 Å². The summed E-state index contributed by atoms with van der Waals surface area (Å²) in [6.45, 7) is 0. The Bertz CT molecular complexity index is 3560. The molecule has 0 spiro atoms. The molecule has 9 aromatic carbocycles. The molecule has 0 aliphatic rings. The highest BCUT2D eigenvalue weighted by Gasteiger charge is 2.18. The fourth-order valence-corrected chi connectivity index (χ4v) is 10.2. The predicted molar refractivity (Wildman–Crippen MR) is 274 cm³/mol. The zero-order chi connectivity index (χ0) is 43.1. The van der Waals surface area contributed by atoms with E-state index in [0.29, 0.717) is 5.82 Å². The molecular formula is C61H39N3S. The summed E-state index contributed by atoms with van der Waals surface area (Å²) in [6, 6.07) is 83.8. The van der Waals surface area contributed by atoms with Crippen molar-refractivity contribution in [1.82, 2.24) is 15.0 Å². The molecule has 3 nitrogen and oxygen atoms in total. The van der Waals surface area contributed by atoms with E-state index in [4.69, 9.17) is 15.0 Å². The van der Waals surface area contributed by atoms with Gasteiger partial charge in [0.05, 0.1) is 27.3 Å². The minimum atomic E-state index is 0.680. The molecule has 0 unspecified atom stereocenters. The van der Waals surface area contributed by atoms with Crippen molar-refractivity contribution in [2.24, 2.45) is 0 Å². The Labute approximate surface area is 381 Å². The number of rotatable bonds is 8. The molecule has 0 aliphatic carbocycles. The lowest BCUT2D eigenvalue weighted by molar-refractivity contribution is 1.18. The maximum Gasteiger partial charge on any atom is 0.160 e. The molecular weight excluding hydrogens is 807 g/mol. The van der Waals surface area contributed by atoms with Crippen molar-refractivity contribution in [2.75, 3.05) is 0 Å². The first-order chi connectivity index (χ1) is 32.2. The largest absolute Gasteiger partial charge is 0.246 e. The quantitative estimate of drug-likeness (QED) is 0.153. The van der Waals surface area contributed by atoms with Crippen LogP contribution in [0.4, 0.5) is 0 Å². The normalized spacial score (nSPS) is 11.4. The fourth-order valence-electron chi connectivity index (χ4n) is 8.95. The monoisotopic (exact) mass is 845 g/mol. The molecule has 0 saturated heterocycles. The summed E-state index contributed by atoms with van der Waals surface area (Å²) in [7, 11) is 0. The van der Waals surface area contributed by atoms with Gasteiger partial charge in [-0.05, 0) is 68.8 Å². The van der Waals surface area contributed by atoms with Crippen LogP contribution in [0, 0.1) is 0 Å². The van der Waals surface area contributed by atoms with E-state index in [-0.39, 0.29) is 0 Å². The van der Waals surface area contributed by atoms with E-state index in [1.807, 2.05) is 23.5 Å². The third kappa shape index (κ3) is 7.36. The summed E-state index contributed by atoms with van der Waals surface area (Å²) in [5.74, 6) is 0.680. The Balaban J connectivity index is 0.922. The standard InChI is InChI=1S/C61H39N3S/c1-4-13-40(14-5-1)43-23-29-46(30-24-43)54-39-55(47-31-25-44(26-32-47)41-15-6-2-7-16-41)64-61(63-54)48-33-27-45(28-34-48)49-19-12-20-51(37-49)59-60-58(53-21-10-11-22-57(53)65-60)52-36-35-50(38-56(52)62-59)42-17-8-3-9-18-42/h1-39H. The summed E-state index contributed by atoms with van der Waals surface area (Å²) in [5.41, 5.74) is 17.1.